The zero-order chi connectivity index (χ0) is 27.9. The van der Waals surface area contributed by atoms with Gasteiger partial charge in [0.05, 0.1) is 23.0 Å². The van der Waals surface area contributed by atoms with Crippen LogP contribution in [0.25, 0.3) is 16.7 Å². The number of rotatable bonds is 8. The van der Waals surface area contributed by atoms with Gasteiger partial charge in [0.25, 0.3) is 0 Å². The molecule has 1 unspecified atom stereocenters. The summed E-state index contributed by atoms with van der Waals surface area (Å²) in [6.45, 7) is 0. The quantitative estimate of drug-likeness (QED) is 0.212. The summed E-state index contributed by atoms with van der Waals surface area (Å²) in [5.41, 5.74) is 6.09. The Labute approximate surface area is 243 Å². The lowest BCUT2D eigenvalue weighted by Crippen LogP contribution is -2.09. The molecule has 5 rings (SSSR count). The van der Waals surface area contributed by atoms with Gasteiger partial charge in [-0.25, -0.2) is 0 Å². The fourth-order valence-electron chi connectivity index (χ4n) is 4.45. The van der Waals surface area contributed by atoms with Gasteiger partial charge in [-0.05, 0) is 72.0 Å². The molecule has 198 valence electrons. The predicted octanol–water partition coefficient (Wildman–Crippen LogP) is 8.49. The minimum Gasteiger partial charge on any atom is -0.458 e. The Morgan fingerprint density at radius 3 is 2.67 bits per heavy atom. The summed E-state index contributed by atoms with van der Waals surface area (Å²) in [4.78, 5) is 0. The van der Waals surface area contributed by atoms with Gasteiger partial charge in [-0.2, -0.15) is 10.2 Å². The van der Waals surface area contributed by atoms with Crippen LogP contribution in [0.2, 0.25) is 5.02 Å². The van der Waals surface area contributed by atoms with Gasteiger partial charge in [0, 0.05) is 27.9 Å². The molecule has 40 heavy (non-hydrogen) atoms. The van der Waals surface area contributed by atoms with Gasteiger partial charge in [-0.1, -0.05) is 72.3 Å². The van der Waals surface area contributed by atoms with E-state index in [0.717, 1.165) is 34.4 Å². The van der Waals surface area contributed by atoms with Crippen LogP contribution in [0.3, 0.4) is 0 Å². The van der Waals surface area contributed by atoms with Crippen LogP contribution in [0.4, 0.5) is 0 Å². The summed E-state index contributed by atoms with van der Waals surface area (Å²) in [7, 11) is 0. The van der Waals surface area contributed by atoms with Crippen molar-refractivity contribution in [2.24, 2.45) is 0 Å². The number of nitrogens with one attached hydrogen (secondary N) is 2. The number of aromatic nitrogens is 2. The Bertz CT molecular complexity index is 1630. The fourth-order valence-corrected chi connectivity index (χ4v) is 4.97. The first-order chi connectivity index (χ1) is 19.5. The first kappa shape index (κ1) is 27.3. The molecule has 0 bridgehead atoms. The van der Waals surface area contributed by atoms with E-state index >= 15 is 0 Å². The normalized spacial score (nSPS) is 16.9. The van der Waals surface area contributed by atoms with Gasteiger partial charge in [0.2, 0.25) is 0 Å². The van der Waals surface area contributed by atoms with Crippen molar-refractivity contribution in [1.82, 2.24) is 10.2 Å². The fraction of sp³-hybridized carbons (Fsp3) is 0.0909. The van der Waals surface area contributed by atoms with E-state index in [2.05, 4.69) is 22.3 Å². The second kappa shape index (κ2) is 12.7. The first-order valence-corrected chi connectivity index (χ1v) is 13.6. The number of alkyl halides is 1. The third kappa shape index (κ3) is 6.81. The molecule has 0 saturated heterocycles. The van der Waals surface area contributed by atoms with Crippen LogP contribution in [0.1, 0.15) is 35.2 Å². The number of hydrogen-bond donors (Lipinski definition) is 2. The average Bonchev–Trinajstić information content (AvgIpc) is 3.25. The third-order valence-corrected chi connectivity index (χ3v) is 6.90. The van der Waals surface area contributed by atoms with Crippen molar-refractivity contribution in [2.75, 3.05) is 0 Å². The lowest BCUT2D eigenvalue weighted by atomic mass is 9.97. The molecule has 2 aliphatic rings. The molecule has 5 nitrogen and oxygen atoms in total. The monoisotopic (exact) mass is 564 g/mol. The molecule has 2 N–H and O–H groups in total. The topological polar surface area (TPSA) is 82.7 Å². The molecule has 2 aromatic carbocycles. The number of benzene rings is 2. The molecule has 0 spiro atoms. The highest BCUT2D eigenvalue weighted by molar-refractivity contribution is 6.31. The number of halogens is 2. The van der Waals surface area contributed by atoms with Crippen LogP contribution in [-0.2, 0) is 0 Å². The van der Waals surface area contributed by atoms with E-state index in [9.17, 15) is 0 Å². The van der Waals surface area contributed by atoms with Crippen molar-refractivity contribution in [3.05, 3.63) is 143 Å². The Balaban J connectivity index is 1.39. The summed E-state index contributed by atoms with van der Waals surface area (Å²) in [5.74, 6) is 1.04. The highest BCUT2D eigenvalue weighted by Gasteiger charge is 2.19. The van der Waals surface area contributed by atoms with Crippen LogP contribution < -0.4 is 4.74 Å². The lowest BCUT2D eigenvalue weighted by Gasteiger charge is -2.18. The maximum absolute atomic E-state index is 8.65. The van der Waals surface area contributed by atoms with E-state index in [1.165, 1.54) is 6.21 Å². The van der Waals surface area contributed by atoms with Crippen molar-refractivity contribution in [1.29, 1.82) is 10.8 Å². The molecule has 1 heterocycles. The average molecular weight is 566 g/mol. The Kier molecular flexibility index (Phi) is 8.65. The zero-order valence-corrected chi connectivity index (χ0v) is 23.0. The molecule has 0 radical (unpaired) electrons. The van der Waals surface area contributed by atoms with Gasteiger partial charge in [-0.15, -0.1) is 11.6 Å². The molecule has 2 aliphatic carbocycles. The van der Waals surface area contributed by atoms with Gasteiger partial charge >= 0.3 is 0 Å². The third-order valence-electron chi connectivity index (χ3n) is 6.40. The Morgan fingerprint density at radius 2 is 1.85 bits per heavy atom. The van der Waals surface area contributed by atoms with Crippen LogP contribution >= 0.6 is 23.2 Å². The van der Waals surface area contributed by atoms with Crippen molar-refractivity contribution < 1.29 is 4.74 Å². The summed E-state index contributed by atoms with van der Waals surface area (Å²) < 4.78 is 6.20. The van der Waals surface area contributed by atoms with E-state index in [1.807, 2.05) is 66.8 Å². The largest absolute Gasteiger partial charge is 0.458 e. The van der Waals surface area contributed by atoms with E-state index in [0.29, 0.717) is 34.1 Å². The van der Waals surface area contributed by atoms with E-state index < -0.39 is 0 Å². The summed E-state index contributed by atoms with van der Waals surface area (Å²) >= 11 is 13.0. The standard InChI is InChI=1S/C33H26Cl2N4O/c34-28-12-24(32(37)16-26(20-36)22-8-6-3-7-9-22)14-30(18-28)40-31-15-25(13-29(35)19-31)33-17-27(21-38-39-33)23-10-4-1-2-5-11-23/h1-10,12,14-21,29,36-37H,11,13H2/b26-16+,36-20?,37-32?. The first-order valence-electron chi connectivity index (χ1n) is 12.8. The predicted molar refractivity (Wildman–Crippen MR) is 165 cm³/mol. The highest BCUT2D eigenvalue weighted by Crippen LogP contribution is 2.32. The summed E-state index contributed by atoms with van der Waals surface area (Å²) in [5, 5.41) is 25.2. The second-order valence-electron chi connectivity index (χ2n) is 9.30. The van der Waals surface area contributed by atoms with Crippen LogP contribution in [0.15, 0.2) is 115 Å². The van der Waals surface area contributed by atoms with Crippen LogP contribution in [0.5, 0.6) is 5.75 Å². The summed E-state index contributed by atoms with van der Waals surface area (Å²) in [6.07, 6.45) is 20.1. The molecular weight excluding hydrogens is 539 g/mol. The number of hydrogen-bond acceptors (Lipinski definition) is 5. The van der Waals surface area contributed by atoms with Crippen LogP contribution in [-0.4, -0.2) is 27.5 Å². The van der Waals surface area contributed by atoms with Gasteiger partial charge in [-0.3, -0.25) is 0 Å². The maximum Gasteiger partial charge on any atom is 0.129 e. The zero-order valence-electron chi connectivity index (χ0n) is 21.5. The molecule has 0 saturated carbocycles. The number of allylic oxidation sites excluding steroid dienone is 11. The minimum atomic E-state index is -0.288. The summed E-state index contributed by atoms with van der Waals surface area (Å²) in [6, 6.07) is 16.7. The SMILES string of the molecule is N=C/C(=C\C(=N)c1cc(Cl)cc(OC2=CC(Cl)CC(c3cc(C4=CC=CC=CC4)cnn3)=C2)c1)c1ccccc1. The van der Waals surface area contributed by atoms with E-state index in [4.69, 9.17) is 38.8 Å². The second-order valence-corrected chi connectivity index (χ2v) is 10.3. The van der Waals surface area contributed by atoms with Crippen molar-refractivity contribution >= 4 is 51.8 Å². The van der Waals surface area contributed by atoms with Gasteiger partial charge in [0.1, 0.15) is 11.5 Å². The Morgan fingerprint density at radius 1 is 1.00 bits per heavy atom. The molecule has 0 amide bonds. The maximum atomic E-state index is 8.65. The highest BCUT2D eigenvalue weighted by atomic mass is 35.5. The number of ether oxygens (including phenoxy) is 1. The van der Waals surface area contributed by atoms with Crippen molar-refractivity contribution in [2.45, 2.75) is 18.2 Å². The molecule has 1 atom stereocenters. The molecule has 0 aliphatic heterocycles. The lowest BCUT2D eigenvalue weighted by molar-refractivity contribution is 0.440. The Hall–Kier alpha value is -4.32. The van der Waals surface area contributed by atoms with E-state index in [1.54, 1.807) is 30.5 Å². The van der Waals surface area contributed by atoms with Crippen molar-refractivity contribution in [3.63, 3.8) is 0 Å². The van der Waals surface area contributed by atoms with Crippen molar-refractivity contribution in [3.8, 4) is 5.75 Å². The molecular formula is C33H26Cl2N4O. The van der Waals surface area contributed by atoms with Gasteiger partial charge < -0.3 is 15.6 Å². The smallest absolute Gasteiger partial charge is 0.129 e. The molecule has 1 aromatic heterocycles. The van der Waals surface area contributed by atoms with Crippen LogP contribution in [0, 0.1) is 10.8 Å². The minimum absolute atomic E-state index is 0.211. The van der Waals surface area contributed by atoms with E-state index in [-0.39, 0.29) is 11.1 Å². The molecule has 0 fully saturated rings. The number of nitrogens with zero attached hydrogens (tertiary/aromatic N) is 2. The molecule has 3 aromatic rings. The van der Waals surface area contributed by atoms with Gasteiger partial charge in [0.15, 0.2) is 0 Å². The molecule has 7 heteroatoms.